The van der Waals surface area contributed by atoms with E-state index in [0.29, 0.717) is 19.4 Å². The van der Waals surface area contributed by atoms with Crippen molar-refractivity contribution in [3.63, 3.8) is 0 Å². The van der Waals surface area contributed by atoms with Crippen molar-refractivity contribution in [1.29, 1.82) is 0 Å². The van der Waals surface area contributed by atoms with Gasteiger partial charge in [-0.3, -0.25) is 4.79 Å². The molecule has 4 atom stereocenters. The Bertz CT molecular complexity index is 1220. The van der Waals surface area contributed by atoms with Crippen molar-refractivity contribution in [3.8, 4) is 0 Å². The minimum atomic E-state index is -2.78. The van der Waals surface area contributed by atoms with Gasteiger partial charge in [0.05, 0.1) is 12.6 Å². The van der Waals surface area contributed by atoms with Crippen molar-refractivity contribution in [2.45, 2.75) is 63.4 Å². The van der Waals surface area contributed by atoms with Gasteiger partial charge >= 0.3 is 0 Å². The van der Waals surface area contributed by atoms with Gasteiger partial charge in [0.2, 0.25) is 5.91 Å². The van der Waals surface area contributed by atoms with Gasteiger partial charge in [-0.25, -0.2) is 0 Å². The molecular formula is C33H39NO3Si. The van der Waals surface area contributed by atoms with Gasteiger partial charge < -0.3 is 14.1 Å². The van der Waals surface area contributed by atoms with Crippen LogP contribution in [0.3, 0.4) is 0 Å². The van der Waals surface area contributed by atoms with Crippen LogP contribution in [0.1, 0.15) is 52.2 Å². The molecule has 198 valence electrons. The Balaban J connectivity index is 1.59. The topological polar surface area (TPSA) is 38.8 Å². The third kappa shape index (κ3) is 4.47. The number of amides is 1. The van der Waals surface area contributed by atoms with Gasteiger partial charge in [-0.15, -0.1) is 6.58 Å². The Morgan fingerprint density at radius 3 is 2.00 bits per heavy atom. The highest BCUT2D eigenvalue weighted by atomic mass is 28.4. The second kappa shape index (κ2) is 10.3. The van der Waals surface area contributed by atoms with Gasteiger partial charge in [0.1, 0.15) is 11.8 Å². The summed E-state index contributed by atoms with van der Waals surface area (Å²) in [7, 11) is -2.78. The number of nitrogens with zero attached hydrogens (tertiary/aromatic N) is 1. The van der Waals surface area contributed by atoms with Crippen LogP contribution in [0.2, 0.25) is 5.04 Å². The molecule has 4 nitrogen and oxygen atoms in total. The van der Waals surface area contributed by atoms with Crippen LogP contribution < -0.4 is 10.4 Å². The molecule has 5 rings (SSSR count). The predicted molar refractivity (Wildman–Crippen MR) is 156 cm³/mol. The molecule has 5 heteroatoms. The van der Waals surface area contributed by atoms with E-state index in [-0.39, 0.29) is 29.0 Å². The molecule has 3 aromatic rings. The lowest BCUT2D eigenvalue weighted by Crippen LogP contribution is -2.67. The molecule has 1 amide bonds. The smallest absolute Gasteiger partial charge is 0.261 e. The first-order chi connectivity index (χ1) is 18.2. The van der Waals surface area contributed by atoms with Crippen molar-refractivity contribution in [2.24, 2.45) is 5.92 Å². The summed E-state index contributed by atoms with van der Waals surface area (Å²) in [6.45, 7) is 13.2. The Kier molecular flexibility index (Phi) is 7.20. The fourth-order valence-corrected chi connectivity index (χ4v) is 11.2. The first-order valence-electron chi connectivity index (χ1n) is 13.6. The molecular weight excluding hydrogens is 486 g/mol. The van der Waals surface area contributed by atoms with Crippen LogP contribution in [0.5, 0.6) is 0 Å². The van der Waals surface area contributed by atoms with E-state index in [1.54, 1.807) is 0 Å². The van der Waals surface area contributed by atoms with E-state index in [2.05, 4.69) is 107 Å². The predicted octanol–water partition coefficient (Wildman–Crippen LogP) is 5.84. The average molecular weight is 526 g/mol. The number of hydrogen-bond donors (Lipinski definition) is 0. The second-order valence-electron chi connectivity index (χ2n) is 11.8. The quantitative estimate of drug-likeness (QED) is 0.274. The number of benzene rings is 3. The number of carbonyl (C=O) groups is 1. The summed E-state index contributed by atoms with van der Waals surface area (Å²) < 4.78 is 14.1. The molecule has 0 aliphatic carbocycles. The van der Waals surface area contributed by atoms with E-state index in [4.69, 9.17) is 9.16 Å². The molecule has 2 heterocycles. The maximum absolute atomic E-state index is 13.8. The zero-order valence-electron chi connectivity index (χ0n) is 23.0. The van der Waals surface area contributed by atoms with Gasteiger partial charge in [-0.1, -0.05) is 118 Å². The van der Waals surface area contributed by atoms with E-state index >= 15 is 0 Å². The molecule has 2 aliphatic heterocycles. The van der Waals surface area contributed by atoms with Gasteiger partial charge in [-0.05, 0) is 34.3 Å². The van der Waals surface area contributed by atoms with Gasteiger partial charge in [0.25, 0.3) is 8.32 Å². The lowest BCUT2D eigenvalue weighted by atomic mass is 9.99. The summed E-state index contributed by atoms with van der Waals surface area (Å²) in [6.07, 6.45) is 2.91. The molecule has 0 spiro atoms. The highest BCUT2D eigenvalue weighted by molar-refractivity contribution is 6.99. The summed E-state index contributed by atoms with van der Waals surface area (Å²) in [5.74, 6) is 0.0338. The minimum Gasteiger partial charge on any atom is -0.405 e. The number of carbonyl (C=O) groups excluding carboxylic acids is 1. The Morgan fingerprint density at radius 2 is 1.50 bits per heavy atom. The van der Waals surface area contributed by atoms with Gasteiger partial charge in [0.15, 0.2) is 0 Å². The number of fused-ring (bicyclic) bond motifs is 1. The number of allylic oxidation sites excluding steroid dienone is 1. The van der Waals surface area contributed by atoms with Crippen LogP contribution in [0.25, 0.3) is 0 Å². The Labute approximate surface area is 228 Å². The lowest BCUT2D eigenvalue weighted by molar-refractivity contribution is -0.139. The second-order valence-corrected chi connectivity index (χ2v) is 16.1. The largest absolute Gasteiger partial charge is 0.405 e. The molecule has 2 fully saturated rings. The SMILES string of the molecule is C=CCC1C[C@@]2(C)O[C@@H](c3ccccc3)[C@H](CO[Si](c3ccccc3)(c3ccccc3)C(C)(C)C)N2C1=O. The minimum absolute atomic E-state index is 0.107. The van der Waals surface area contributed by atoms with E-state index in [1.165, 1.54) is 10.4 Å². The van der Waals surface area contributed by atoms with E-state index in [1.807, 2.05) is 29.2 Å². The molecule has 38 heavy (non-hydrogen) atoms. The highest BCUT2D eigenvalue weighted by Gasteiger charge is 2.60. The first-order valence-corrected chi connectivity index (χ1v) is 15.5. The Hall–Kier alpha value is -2.99. The summed E-state index contributed by atoms with van der Waals surface area (Å²) in [6, 6.07) is 31.4. The molecule has 0 bridgehead atoms. The first kappa shape index (κ1) is 26.6. The zero-order chi connectivity index (χ0) is 27.0. The normalized spacial score (nSPS) is 25.4. The molecule has 2 aliphatic rings. The summed E-state index contributed by atoms with van der Waals surface area (Å²) in [5, 5.41) is 2.31. The lowest BCUT2D eigenvalue weighted by Gasteiger charge is -2.44. The zero-order valence-corrected chi connectivity index (χ0v) is 24.0. The molecule has 0 radical (unpaired) electrons. The van der Waals surface area contributed by atoms with E-state index in [9.17, 15) is 4.79 Å². The maximum Gasteiger partial charge on any atom is 0.261 e. The monoisotopic (exact) mass is 525 g/mol. The van der Waals surface area contributed by atoms with Crippen molar-refractivity contribution in [1.82, 2.24) is 4.90 Å². The molecule has 0 N–H and O–H groups in total. The average Bonchev–Trinajstić information content (AvgIpc) is 3.34. The Morgan fingerprint density at radius 1 is 0.974 bits per heavy atom. The van der Waals surface area contributed by atoms with E-state index < -0.39 is 14.0 Å². The van der Waals surface area contributed by atoms with E-state index in [0.717, 1.165) is 5.56 Å². The number of ether oxygens (including phenoxy) is 1. The number of rotatable bonds is 8. The van der Waals surface area contributed by atoms with Crippen molar-refractivity contribution >= 4 is 24.6 Å². The summed E-state index contributed by atoms with van der Waals surface area (Å²) in [5.41, 5.74) is 0.414. The maximum atomic E-state index is 13.8. The molecule has 1 unspecified atom stereocenters. The molecule has 2 saturated heterocycles. The molecule has 0 saturated carbocycles. The molecule has 3 aromatic carbocycles. The van der Waals surface area contributed by atoms with Crippen LogP contribution in [0.15, 0.2) is 104 Å². The standard InChI is InChI=1S/C33H39NO3Si/c1-6-16-26-23-33(5)34(31(26)35)29(30(37-33)25-17-10-7-11-18-25)24-36-38(32(2,3)4,27-19-12-8-13-20-27)28-21-14-9-15-22-28/h6-15,17-22,26,29-30H,1,16,23-24H2,2-5H3/t26?,29-,30-,33+/m0/s1. The summed E-state index contributed by atoms with van der Waals surface area (Å²) in [4.78, 5) is 15.8. The van der Waals surface area contributed by atoms with Crippen LogP contribution in [-0.2, 0) is 14.0 Å². The highest BCUT2D eigenvalue weighted by Crippen LogP contribution is 2.50. The number of hydrogen-bond acceptors (Lipinski definition) is 3. The van der Waals surface area contributed by atoms with Crippen LogP contribution in [0.4, 0.5) is 0 Å². The van der Waals surface area contributed by atoms with Crippen LogP contribution in [0, 0.1) is 5.92 Å². The molecule has 0 aromatic heterocycles. The third-order valence-electron chi connectivity index (χ3n) is 8.25. The summed E-state index contributed by atoms with van der Waals surface area (Å²) >= 11 is 0. The van der Waals surface area contributed by atoms with Crippen LogP contribution in [-0.4, -0.2) is 37.5 Å². The fraction of sp³-hybridized carbons (Fsp3) is 0.364. The van der Waals surface area contributed by atoms with Crippen LogP contribution >= 0.6 is 0 Å². The van der Waals surface area contributed by atoms with Gasteiger partial charge in [0, 0.05) is 12.3 Å². The van der Waals surface area contributed by atoms with Crippen molar-refractivity contribution < 1.29 is 14.0 Å². The third-order valence-corrected chi connectivity index (χ3v) is 13.3. The fourth-order valence-electron chi connectivity index (χ4n) is 6.63. The van der Waals surface area contributed by atoms with Crippen molar-refractivity contribution in [3.05, 3.63) is 109 Å². The van der Waals surface area contributed by atoms with Gasteiger partial charge in [-0.2, -0.15) is 0 Å². The van der Waals surface area contributed by atoms with Crippen molar-refractivity contribution in [2.75, 3.05) is 6.61 Å².